The topological polar surface area (TPSA) is 80.9 Å². The maximum absolute atomic E-state index is 11.4. The van der Waals surface area contributed by atoms with Crippen molar-refractivity contribution in [3.63, 3.8) is 0 Å². The van der Waals surface area contributed by atoms with E-state index in [4.69, 9.17) is 5.73 Å². The summed E-state index contributed by atoms with van der Waals surface area (Å²) in [5, 5.41) is 3.51. The molecule has 1 heterocycles. The lowest BCUT2D eigenvalue weighted by molar-refractivity contribution is -0.118. The molecule has 3 N–H and O–H groups in total. The Hall–Kier alpha value is -1.30. The van der Waals surface area contributed by atoms with Crippen LogP contribution in [0.2, 0.25) is 0 Å². The fourth-order valence-electron chi connectivity index (χ4n) is 1.08. The van der Waals surface area contributed by atoms with Gasteiger partial charge in [-0.3, -0.25) is 4.79 Å². The number of carbonyl (C=O) groups excluding carboxylic acids is 1. The summed E-state index contributed by atoms with van der Waals surface area (Å²) in [7, 11) is 0. The fraction of sp³-hybridized carbons (Fsp3) is 0.444. The van der Waals surface area contributed by atoms with Crippen molar-refractivity contribution in [3.05, 3.63) is 12.4 Å². The van der Waals surface area contributed by atoms with E-state index in [9.17, 15) is 4.79 Å². The first kappa shape index (κ1) is 10.2. The molecule has 1 aliphatic rings. The van der Waals surface area contributed by atoms with Gasteiger partial charge in [0.15, 0.2) is 5.82 Å². The van der Waals surface area contributed by atoms with E-state index in [0.29, 0.717) is 22.6 Å². The molecule has 80 valence electrons. The molecule has 6 heteroatoms. The first-order valence-electron chi connectivity index (χ1n) is 4.74. The summed E-state index contributed by atoms with van der Waals surface area (Å²) < 4.78 is 0. The molecule has 0 aromatic carbocycles. The number of amides is 1. The predicted octanol–water partition coefficient (Wildman–Crippen LogP) is 0.429. The van der Waals surface area contributed by atoms with Crippen molar-refractivity contribution in [1.29, 1.82) is 0 Å². The molecule has 0 spiro atoms. The number of nitrogen functional groups attached to an aromatic ring is 1. The average molecular weight is 224 g/mol. The highest BCUT2D eigenvalue weighted by molar-refractivity contribution is 8.00. The monoisotopic (exact) mass is 224 g/mol. The summed E-state index contributed by atoms with van der Waals surface area (Å²) in [6.07, 6.45) is 5.30. The fourth-order valence-corrected chi connectivity index (χ4v) is 1.77. The quantitative estimate of drug-likeness (QED) is 0.725. The van der Waals surface area contributed by atoms with Crippen LogP contribution in [0, 0.1) is 0 Å². The molecule has 1 aromatic heterocycles. The zero-order valence-electron chi connectivity index (χ0n) is 8.14. The van der Waals surface area contributed by atoms with Gasteiger partial charge in [0.25, 0.3) is 0 Å². The number of hydrogen-bond donors (Lipinski definition) is 2. The number of nitrogens with zero attached hydrogens (tertiary/aromatic N) is 2. The van der Waals surface area contributed by atoms with Crippen molar-refractivity contribution in [1.82, 2.24) is 15.3 Å². The Balaban J connectivity index is 1.81. The minimum Gasteiger partial charge on any atom is -0.381 e. The molecule has 0 saturated heterocycles. The Morgan fingerprint density at radius 1 is 1.53 bits per heavy atom. The van der Waals surface area contributed by atoms with Gasteiger partial charge in [-0.05, 0) is 12.8 Å². The third-order valence-electron chi connectivity index (χ3n) is 1.97. The van der Waals surface area contributed by atoms with E-state index in [-0.39, 0.29) is 5.91 Å². The molecule has 0 radical (unpaired) electrons. The van der Waals surface area contributed by atoms with Gasteiger partial charge in [0.1, 0.15) is 5.03 Å². The molecular weight excluding hydrogens is 212 g/mol. The zero-order valence-corrected chi connectivity index (χ0v) is 8.96. The van der Waals surface area contributed by atoms with Crippen LogP contribution in [0.25, 0.3) is 0 Å². The largest absolute Gasteiger partial charge is 0.381 e. The number of nitrogens with two attached hydrogens (primary N) is 1. The first-order chi connectivity index (χ1) is 7.25. The van der Waals surface area contributed by atoms with Crippen LogP contribution < -0.4 is 11.1 Å². The van der Waals surface area contributed by atoms with Gasteiger partial charge in [0.2, 0.25) is 5.91 Å². The molecule has 1 amide bonds. The Kier molecular flexibility index (Phi) is 3.05. The summed E-state index contributed by atoms with van der Waals surface area (Å²) in [5.74, 6) is 0.758. The van der Waals surface area contributed by atoms with E-state index >= 15 is 0 Å². The minimum atomic E-state index is 0.0348. The number of aromatic nitrogens is 2. The Morgan fingerprint density at radius 2 is 2.27 bits per heavy atom. The number of anilines is 1. The molecule has 0 bridgehead atoms. The highest BCUT2D eigenvalue weighted by Crippen LogP contribution is 2.21. The second-order valence-corrected chi connectivity index (χ2v) is 4.34. The molecule has 1 fully saturated rings. The summed E-state index contributed by atoms with van der Waals surface area (Å²) >= 11 is 1.31. The number of rotatable bonds is 4. The second-order valence-electron chi connectivity index (χ2n) is 3.38. The van der Waals surface area contributed by atoms with Gasteiger partial charge in [0.05, 0.1) is 5.75 Å². The molecule has 1 aromatic rings. The van der Waals surface area contributed by atoms with Gasteiger partial charge in [-0.1, -0.05) is 11.8 Å². The van der Waals surface area contributed by atoms with E-state index in [1.54, 1.807) is 6.20 Å². The molecule has 5 nitrogen and oxygen atoms in total. The lowest BCUT2D eigenvalue weighted by Gasteiger charge is -2.03. The Bertz CT molecular complexity index is 367. The van der Waals surface area contributed by atoms with Crippen molar-refractivity contribution in [3.8, 4) is 0 Å². The zero-order chi connectivity index (χ0) is 10.7. The smallest absolute Gasteiger partial charge is 0.230 e. The molecular formula is C9H12N4OS. The SMILES string of the molecule is Nc1nccnc1SCC(=O)NC1CC1. The minimum absolute atomic E-state index is 0.0348. The predicted molar refractivity (Wildman–Crippen MR) is 58.3 cm³/mol. The van der Waals surface area contributed by atoms with Crippen LogP contribution in [0.3, 0.4) is 0 Å². The maximum Gasteiger partial charge on any atom is 0.230 e. The molecule has 1 aliphatic carbocycles. The van der Waals surface area contributed by atoms with Gasteiger partial charge in [-0.2, -0.15) is 0 Å². The molecule has 0 atom stereocenters. The van der Waals surface area contributed by atoms with E-state index in [2.05, 4.69) is 15.3 Å². The van der Waals surface area contributed by atoms with Gasteiger partial charge < -0.3 is 11.1 Å². The van der Waals surface area contributed by atoms with Crippen LogP contribution >= 0.6 is 11.8 Å². The lowest BCUT2D eigenvalue weighted by Crippen LogP contribution is -2.27. The highest BCUT2D eigenvalue weighted by Gasteiger charge is 2.23. The van der Waals surface area contributed by atoms with Crippen LogP contribution in [0.15, 0.2) is 17.4 Å². The third kappa shape index (κ3) is 3.09. The van der Waals surface area contributed by atoms with Crippen molar-refractivity contribution in [2.24, 2.45) is 0 Å². The summed E-state index contributed by atoms with van der Waals surface area (Å²) in [6.45, 7) is 0. The van der Waals surface area contributed by atoms with Crippen LogP contribution in [0.1, 0.15) is 12.8 Å². The summed E-state index contributed by atoms with van der Waals surface area (Å²) in [5.41, 5.74) is 5.59. The van der Waals surface area contributed by atoms with Crippen LogP contribution in [-0.2, 0) is 4.79 Å². The van der Waals surface area contributed by atoms with Gasteiger partial charge in [-0.15, -0.1) is 0 Å². The maximum atomic E-state index is 11.4. The molecule has 1 saturated carbocycles. The number of carbonyl (C=O) groups is 1. The number of hydrogen-bond acceptors (Lipinski definition) is 5. The molecule has 2 rings (SSSR count). The first-order valence-corrected chi connectivity index (χ1v) is 5.73. The van der Waals surface area contributed by atoms with E-state index in [1.807, 2.05) is 0 Å². The van der Waals surface area contributed by atoms with E-state index < -0.39 is 0 Å². The third-order valence-corrected chi connectivity index (χ3v) is 2.97. The second kappa shape index (κ2) is 4.48. The van der Waals surface area contributed by atoms with Gasteiger partial charge in [0, 0.05) is 18.4 Å². The average Bonchev–Trinajstić information content (AvgIpc) is 3.00. The lowest BCUT2D eigenvalue weighted by atomic mass is 10.6. The standard InChI is InChI=1S/C9H12N4OS/c10-8-9(12-4-3-11-8)15-5-7(14)13-6-1-2-6/h3-4,6H,1-2,5H2,(H2,10,11)(H,13,14). The van der Waals surface area contributed by atoms with Crippen molar-refractivity contribution < 1.29 is 4.79 Å². The number of thioether (sulfide) groups is 1. The van der Waals surface area contributed by atoms with Gasteiger partial charge in [-0.25, -0.2) is 9.97 Å². The van der Waals surface area contributed by atoms with Gasteiger partial charge >= 0.3 is 0 Å². The normalized spacial score (nSPS) is 14.9. The molecule has 0 unspecified atom stereocenters. The van der Waals surface area contributed by atoms with Crippen LogP contribution in [-0.4, -0.2) is 27.7 Å². The molecule has 0 aliphatic heterocycles. The Labute approximate surface area is 91.9 Å². The summed E-state index contributed by atoms with van der Waals surface area (Å²) in [4.78, 5) is 19.3. The van der Waals surface area contributed by atoms with Crippen molar-refractivity contribution in [2.75, 3.05) is 11.5 Å². The molecule has 15 heavy (non-hydrogen) atoms. The Morgan fingerprint density at radius 3 is 2.93 bits per heavy atom. The van der Waals surface area contributed by atoms with E-state index in [0.717, 1.165) is 12.8 Å². The van der Waals surface area contributed by atoms with Crippen molar-refractivity contribution >= 4 is 23.5 Å². The summed E-state index contributed by atoms with van der Waals surface area (Å²) in [6, 6.07) is 0.400. The highest BCUT2D eigenvalue weighted by atomic mass is 32.2. The van der Waals surface area contributed by atoms with Crippen molar-refractivity contribution in [2.45, 2.75) is 23.9 Å². The number of nitrogens with one attached hydrogen (secondary N) is 1. The van der Waals surface area contributed by atoms with Crippen LogP contribution in [0.5, 0.6) is 0 Å². The van der Waals surface area contributed by atoms with Crippen LogP contribution in [0.4, 0.5) is 5.82 Å². The van der Waals surface area contributed by atoms with E-state index in [1.165, 1.54) is 18.0 Å².